The zero-order valence-corrected chi connectivity index (χ0v) is 12.4. The van der Waals surface area contributed by atoms with Gasteiger partial charge in [0.2, 0.25) is 11.8 Å². The molecule has 0 bridgehead atoms. The Bertz CT molecular complexity index is 666. The summed E-state index contributed by atoms with van der Waals surface area (Å²) in [6.45, 7) is 1.45. The van der Waals surface area contributed by atoms with E-state index >= 15 is 0 Å². The minimum absolute atomic E-state index is 0.0736. The molecule has 2 amide bonds. The van der Waals surface area contributed by atoms with Gasteiger partial charge >= 0.3 is 0 Å². The van der Waals surface area contributed by atoms with Gasteiger partial charge in [-0.15, -0.1) is 0 Å². The Labute approximate surface area is 129 Å². The second-order valence-electron chi connectivity index (χ2n) is 5.01. The summed E-state index contributed by atoms with van der Waals surface area (Å²) in [5.74, 6) is -0.201. The molecule has 0 radical (unpaired) electrons. The van der Waals surface area contributed by atoms with Gasteiger partial charge in [-0.05, 0) is 42.3 Å². The van der Waals surface area contributed by atoms with Crippen LogP contribution in [0.3, 0.4) is 0 Å². The van der Waals surface area contributed by atoms with Crippen LogP contribution in [0.2, 0.25) is 0 Å². The fourth-order valence-electron chi connectivity index (χ4n) is 2.07. The second-order valence-corrected chi connectivity index (χ2v) is 5.01. The highest BCUT2D eigenvalue weighted by Gasteiger charge is 2.05. The number of hydrogen-bond acceptors (Lipinski definition) is 3. The lowest BCUT2D eigenvalue weighted by Crippen LogP contribution is -2.13. The van der Waals surface area contributed by atoms with Crippen molar-refractivity contribution in [1.29, 1.82) is 0 Å². The number of amides is 2. The van der Waals surface area contributed by atoms with Crippen LogP contribution in [0.15, 0.2) is 48.5 Å². The fraction of sp³-hybridized carbons (Fsp3) is 0.176. The SMILES string of the molecule is CC(=O)Nc1ccc(NC(=O)CCc2ccccc2N)cc1. The van der Waals surface area contributed by atoms with Crippen molar-refractivity contribution >= 4 is 28.9 Å². The first-order chi connectivity index (χ1) is 10.5. The Morgan fingerprint density at radius 2 is 1.55 bits per heavy atom. The molecule has 0 aromatic heterocycles. The highest BCUT2D eigenvalue weighted by atomic mass is 16.2. The summed E-state index contributed by atoms with van der Waals surface area (Å²) < 4.78 is 0. The molecule has 4 N–H and O–H groups in total. The van der Waals surface area contributed by atoms with E-state index in [-0.39, 0.29) is 11.8 Å². The van der Waals surface area contributed by atoms with Crippen LogP contribution < -0.4 is 16.4 Å². The van der Waals surface area contributed by atoms with Gasteiger partial charge in [0.1, 0.15) is 0 Å². The van der Waals surface area contributed by atoms with Crippen LogP contribution in [0.1, 0.15) is 18.9 Å². The maximum atomic E-state index is 11.9. The lowest BCUT2D eigenvalue weighted by atomic mass is 10.1. The van der Waals surface area contributed by atoms with Crippen LogP contribution in [0.5, 0.6) is 0 Å². The predicted octanol–water partition coefficient (Wildman–Crippen LogP) is 2.80. The maximum absolute atomic E-state index is 11.9. The van der Waals surface area contributed by atoms with E-state index < -0.39 is 0 Å². The summed E-state index contributed by atoms with van der Waals surface area (Å²) >= 11 is 0. The number of nitrogen functional groups attached to an aromatic ring is 1. The molecule has 0 atom stereocenters. The Morgan fingerprint density at radius 1 is 0.955 bits per heavy atom. The van der Waals surface area contributed by atoms with Crippen LogP contribution in [-0.2, 0) is 16.0 Å². The monoisotopic (exact) mass is 297 g/mol. The van der Waals surface area contributed by atoms with Gasteiger partial charge in [0, 0.05) is 30.4 Å². The normalized spacial score (nSPS) is 10.0. The molecule has 0 aliphatic rings. The number of hydrogen-bond donors (Lipinski definition) is 3. The molecule has 5 nitrogen and oxygen atoms in total. The van der Waals surface area contributed by atoms with Crippen molar-refractivity contribution in [2.24, 2.45) is 0 Å². The molecule has 0 aliphatic carbocycles. The Morgan fingerprint density at radius 3 is 2.14 bits per heavy atom. The Balaban J connectivity index is 1.87. The van der Waals surface area contributed by atoms with Crippen molar-refractivity contribution in [2.75, 3.05) is 16.4 Å². The van der Waals surface area contributed by atoms with Gasteiger partial charge in [-0.25, -0.2) is 0 Å². The van der Waals surface area contributed by atoms with Gasteiger partial charge < -0.3 is 16.4 Å². The molecule has 2 rings (SSSR count). The number of nitrogens with one attached hydrogen (secondary N) is 2. The third kappa shape index (κ3) is 4.63. The predicted molar refractivity (Wildman–Crippen MR) is 88.6 cm³/mol. The zero-order valence-electron chi connectivity index (χ0n) is 12.4. The summed E-state index contributed by atoms with van der Waals surface area (Å²) in [5.41, 5.74) is 8.92. The highest BCUT2D eigenvalue weighted by Crippen LogP contribution is 2.15. The van der Waals surface area contributed by atoms with E-state index in [0.29, 0.717) is 29.9 Å². The van der Waals surface area contributed by atoms with Crippen molar-refractivity contribution in [1.82, 2.24) is 0 Å². The second kappa shape index (κ2) is 7.26. The molecule has 0 aliphatic heterocycles. The van der Waals surface area contributed by atoms with Crippen LogP contribution in [0.25, 0.3) is 0 Å². The molecular weight excluding hydrogens is 278 g/mol. The molecule has 2 aromatic rings. The zero-order chi connectivity index (χ0) is 15.9. The highest BCUT2D eigenvalue weighted by molar-refractivity contribution is 5.92. The summed E-state index contributed by atoms with van der Waals surface area (Å²) in [6, 6.07) is 14.5. The van der Waals surface area contributed by atoms with Gasteiger partial charge in [-0.2, -0.15) is 0 Å². The van der Waals surface area contributed by atoms with Gasteiger partial charge in [0.05, 0.1) is 0 Å². The topological polar surface area (TPSA) is 84.2 Å². The van der Waals surface area contributed by atoms with Gasteiger partial charge in [-0.1, -0.05) is 18.2 Å². The molecule has 0 unspecified atom stereocenters. The fourth-order valence-corrected chi connectivity index (χ4v) is 2.07. The third-order valence-corrected chi connectivity index (χ3v) is 3.17. The Kier molecular flexibility index (Phi) is 5.14. The number of anilines is 3. The minimum atomic E-state index is -0.128. The van der Waals surface area contributed by atoms with Crippen LogP contribution >= 0.6 is 0 Å². The first-order valence-electron chi connectivity index (χ1n) is 7.05. The van der Waals surface area contributed by atoms with E-state index in [1.165, 1.54) is 6.92 Å². The number of rotatable bonds is 5. The standard InChI is InChI=1S/C17H19N3O2/c1-12(21)19-14-7-9-15(10-8-14)20-17(22)11-6-13-4-2-3-5-16(13)18/h2-5,7-10H,6,11,18H2,1H3,(H,19,21)(H,20,22). The molecule has 2 aromatic carbocycles. The molecule has 114 valence electrons. The molecule has 0 saturated carbocycles. The van der Waals surface area contributed by atoms with Crippen molar-refractivity contribution in [3.63, 3.8) is 0 Å². The number of aryl methyl sites for hydroxylation is 1. The quantitative estimate of drug-likeness (QED) is 0.742. The summed E-state index contributed by atoms with van der Waals surface area (Å²) in [7, 11) is 0. The van der Waals surface area contributed by atoms with E-state index in [0.717, 1.165) is 5.56 Å². The van der Waals surface area contributed by atoms with Crippen molar-refractivity contribution in [3.8, 4) is 0 Å². The maximum Gasteiger partial charge on any atom is 0.224 e. The minimum Gasteiger partial charge on any atom is -0.399 e. The molecule has 5 heteroatoms. The molecule has 0 heterocycles. The first kappa shape index (κ1) is 15.6. The van der Waals surface area contributed by atoms with Gasteiger partial charge in [-0.3, -0.25) is 9.59 Å². The number of para-hydroxylation sites is 1. The largest absolute Gasteiger partial charge is 0.399 e. The summed E-state index contributed by atoms with van der Waals surface area (Å²) in [4.78, 5) is 22.9. The number of nitrogens with two attached hydrogens (primary N) is 1. The van der Waals surface area contributed by atoms with Crippen molar-refractivity contribution in [3.05, 3.63) is 54.1 Å². The lowest BCUT2D eigenvalue weighted by molar-refractivity contribution is -0.116. The van der Waals surface area contributed by atoms with Crippen LogP contribution in [-0.4, -0.2) is 11.8 Å². The van der Waals surface area contributed by atoms with Crippen molar-refractivity contribution < 1.29 is 9.59 Å². The van der Waals surface area contributed by atoms with E-state index in [1.807, 2.05) is 24.3 Å². The van der Waals surface area contributed by atoms with Gasteiger partial charge in [0.25, 0.3) is 0 Å². The van der Waals surface area contributed by atoms with E-state index in [4.69, 9.17) is 5.73 Å². The molecule has 0 saturated heterocycles. The van der Waals surface area contributed by atoms with E-state index in [1.54, 1.807) is 24.3 Å². The van der Waals surface area contributed by atoms with Crippen molar-refractivity contribution in [2.45, 2.75) is 19.8 Å². The number of carbonyl (C=O) groups is 2. The smallest absolute Gasteiger partial charge is 0.224 e. The average Bonchev–Trinajstić information content (AvgIpc) is 2.48. The first-order valence-corrected chi connectivity index (χ1v) is 7.05. The average molecular weight is 297 g/mol. The molecule has 0 fully saturated rings. The summed E-state index contributed by atoms with van der Waals surface area (Å²) in [5, 5.41) is 5.49. The molecular formula is C17H19N3O2. The number of carbonyl (C=O) groups excluding carboxylic acids is 2. The lowest BCUT2D eigenvalue weighted by Gasteiger charge is -2.08. The van der Waals surface area contributed by atoms with Gasteiger partial charge in [0.15, 0.2) is 0 Å². The van der Waals surface area contributed by atoms with E-state index in [9.17, 15) is 9.59 Å². The van der Waals surface area contributed by atoms with E-state index in [2.05, 4.69) is 10.6 Å². The molecule has 0 spiro atoms. The number of benzene rings is 2. The third-order valence-electron chi connectivity index (χ3n) is 3.17. The van der Waals surface area contributed by atoms with Crippen LogP contribution in [0.4, 0.5) is 17.1 Å². The molecule has 22 heavy (non-hydrogen) atoms. The Hall–Kier alpha value is -2.82. The van der Waals surface area contributed by atoms with Crippen LogP contribution in [0, 0.1) is 0 Å². The summed E-state index contributed by atoms with van der Waals surface area (Å²) in [6.07, 6.45) is 0.962.